The molecule has 3 aliphatic carbocycles. The topological polar surface area (TPSA) is 0 Å². The van der Waals surface area contributed by atoms with Gasteiger partial charge in [0.15, 0.2) is 0 Å². The molecule has 2 bridgehead atoms. The lowest BCUT2D eigenvalue weighted by Crippen LogP contribution is -2.50. The van der Waals surface area contributed by atoms with Crippen molar-refractivity contribution in [2.45, 2.75) is 32.1 Å². The van der Waals surface area contributed by atoms with Crippen molar-refractivity contribution in [3.63, 3.8) is 0 Å². The fourth-order valence-corrected chi connectivity index (χ4v) is 5.42. The van der Waals surface area contributed by atoms with E-state index in [0.717, 1.165) is 0 Å². The van der Waals surface area contributed by atoms with Crippen molar-refractivity contribution in [2.75, 3.05) is 0 Å². The summed E-state index contributed by atoms with van der Waals surface area (Å²) in [7, 11) is 0. The minimum Gasteiger partial charge on any atom is -0.0619 e. The first-order valence-electron chi connectivity index (χ1n) is 8.85. The molecule has 0 heterocycles. The van der Waals surface area contributed by atoms with Gasteiger partial charge in [0.25, 0.3) is 0 Å². The monoisotopic (exact) mass is 310 g/mol. The van der Waals surface area contributed by atoms with Gasteiger partial charge in [-0.05, 0) is 38.8 Å². The van der Waals surface area contributed by atoms with Gasteiger partial charge in [-0.25, -0.2) is 0 Å². The highest BCUT2D eigenvalue weighted by Gasteiger charge is 2.56. The fourth-order valence-electron chi connectivity index (χ4n) is 5.42. The smallest absolute Gasteiger partial charge is 0.0508 e. The van der Waals surface area contributed by atoms with E-state index < -0.39 is 0 Å². The van der Waals surface area contributed by atoms with Gasteiger partial charge in [-0.1, -0.05) is 93.6 Å². The molecular weight excluding hydrogens is 288 g/mol. The first kappa shape index (κ1) is 14.0. The molecule has 24 heavy (non-hydrogen) atoms. The zero-order valence-corrected chi connectivity index (χ0v) is 14.5. The summed E-state index contributed by atoms with van der Waals surface area (Å²) in [4.78, 5) is 0. The van der Waals surface area contributed by atoms with Crippen molar-refractivity contribution in [1.29, 1.82) is 0 Å². The van der Waals surface area contributed by atoms with Crippen LogP contribution in [0.4, 0.5) is 0 Å². The van der Waals surface area contributed by atoms with Crippen molar-refractivity contribution in [1.82, 2.24) is 0 Å². The molecule has 3 aromatic carbocycles. The van der Waals surface area contributed by atoms with E-state index in [-0.39, 0.29) is 10.8 Å². The third kappa shape index (κ3) is 1.41. The molecule has 0 aromatic heterocycles. The zero-order valence-electron chi connectivity index (χ0n) is 14.5. The summed E-state index contributed by atoms with van der Waals surface area (Å²) in [6.45, 7) is 7.18. The quantitative estimate of drug-likeness (QED) is 0.487. The van der Waals surface area contributed by atoms with Gasteiger partial charge >= 0.3 is 0 Å². The van der Waals surface area contributed by atoms with Crippen LogP contribution in [-0.2, 0) is 5.41 Å². The Hall–Kier alpha value is -2.34. The van der Waals surface area contributed by atoms with E-state index in [1.54, 1.807) is 0 Å². The molecule has 0 atom stereocenters. The van der Waals surface area contributed by atoms with Crippen LogP contribution in [0.2, 0.25) is 0 Å². The standard InChI is InChI=1S/C24H22/c1-23(2,3)24-19-13-7-4-10-16(19)22(17-11-5-8-14-20(17)24)18-12-6-9-15-21(18)24/h4-15,22H,1-3H3. The largest absolute Gasteiger partial charge is 0.0619 e. The lowest BCUT2D eigenvalue weighted by Gasteiger charge is -2.56. The van der Waals surface area contributed by atoms with Crippen LogP contribution in [-0.4, -0.2) is 0 Å². The Morgan fingerprint density at radius 2 is 0.917 bits per heavy atom. The molecule has 3 aliphatic rings. The van der Waals surface area contributed by atoms with E-state index in [1.807, 2.05) is 0 Å². The highest BCUT2D eigenvalue weighted by molar-refractivity contribution is 5.72. The van der Waals surface area contributed by atoms with Gasteiger partial charge in [0.2, 0.25) is 0 Å². The summed E-state index contributed by atoms with van der Waals surface area (Å²) in [5, 5.41) is 0. The molecule has 0 spiro atoms. The molecule has 0 nitrogen and oxygen atoms in total. The van der Waals surface area contributed by atoms with Gasteiger partial charge in [-0.3, -0.25) is 0 Å². The van der Waals surface area contributed by atoms with E-state index in [0.29, 0.717) is 5.92 Å². The van der Waals surface area contributed by atoms with Crippen molar-refractivity contribution >= 4 is 0 Å². The Kier molecular flexibility index (Phi) is 2.57. The molecule has 118 valence electrons. The average Bonchev–Trinajstić information content (AvgIpc) is 2.60. The fraction of sp³-hybridized carbons (Fsp3) is 0.250. The van der Waals surface area contributed by atoms with Gasteiger partial charge in [-0.2, -0.15) is 0 Å². The van der Waals surface area contributed by atoms with E-state index in [1.165, 1.54) is 33.4 Å². The summed E-state index contributed by atoms with van der Waals surface area (Å²) in [5.74, 6) is 0.373. The van der Waals surface area contributed by atoms with Crippen molar-refractivity contribution in [3.05, 3.63) is 106 Å². The van der Waals surface area contributed by atoms with Crippen LogP contribution >= 0.6 is 0 Å². The highest BCUT2D eigenvalue weighted by atomic mass is 14.6. The first-order chi connectivity index (χ1) is 11.6. The Morgan fingerprint density at radius 1 is 0.583 bits per heavy atom. The minimum absolute atomic E-state index is 0.0778. The Balaban J connectivity index is 2.04. The van der Waals surface area contributed by atoms with Gasteiger partial charge < -0.3 is 0 Å². The number of hydrogen-bond acceptors (Lipinski definition) is 0. The van der Waals surface area contributed by atoms with Crippen LogP contribution in [0.25, 0.3) is 0 Å². The predicted molar refractivity (Wildman–Crippen MR) is 99.6 cm³/mol. The molecule has 0 N–H and O–H groups in total. The highest BCUT2D eigenvalue weighted by Crippen LogP contribution is 2.64. The van der Waals surface area contributed by atoms with Crippen molar-refractivity contribution in [2.24, 2.45) is 5.41 Å². The number of hydrogen-bond donors (Lipinski definition) is 0. The lowest BCUT2D eigenvalue weighted by atomic mass is 9.45. The third-order valence-corrected chi connectivity index (χ3v) is 6.15. The average molecular weight is 310 g/mol. The van der Waals surface area contributed by atoms with Gasteiger partial charge in [0, 0.05) is 5.92 Å². The van der Waals surface area contributed by atoms with Gasteiger partial charge in [-0.15, -0.1) is 0 Å². The van der Waals surface area contributed by atoms with Gasteiger partial charge in [0.05, 0.1) is 5.41 Å². The maximum absolute atomic E-state index is 2.39. The minimum atomic E-state index is -0.0778. The molecule has 3 aromatic rings. The van der Waals surface area contributed by atoms with E-state index in [4.69, 9.17) is 0 Å². The lowest BCUT2D eigenvalue weighted by molar-refractivity contribution is 0.255. The maximum Gasteiger partial charge on any atom is 0.0508 e. The van der Waals surface area contributed by atoms with Crippen LogP contribution < -0.4 is 0 Å². The molecule has 6 rings (SSSR count). The van der Waals surface area contributed by atoms with E-state index in [2.05, 4.69) is 93.6 Å². The molecule has 0 amide bonds. The second kappa shape index (κ2) is 4.39. The Morgan fingerprint density at radius 3 is 1.25 bits per heavy atom. The third-order valence-electron chi connectivity index (χ3n) is 6.15. The summed E-state index contributed by atoms with van der Waals surface area (Å²) >= 11 is 0. The summed E-state index contributed by atoms with van der Waals surface area (Å²) in [6.07, 6.45) is 0. The van der Waals surface area contributed by atoms with Crippen LogP contribution in [0.15, 0.2) is 72.8 Å². The summed E-state index contributed by atoms with van der Waals surface area (Å²) < 4.78 is 0. The Labute approximate surface area is 144 Å². The molecule has 0 unspecified atom stereocenters. The normalized spacial score (nSPS) is 23.4. The SMILES string of the molecule is CC(C)(C)C12c3ccccc3C(c3ccccc31)c1ccccc12. The first-order valence-corrected chi connectivity index (χ1v) is 8.85. The van der Waals surface area contributed by atoms with Crippen LogP contribution in [0, 0.1) is 5.41 Å². The summed E-state index contributed by atoms with van der Waals surface area (Å²) in [6, 6.07) is 27.3. The van der Waals surface area contributed by atoms with E-state index >= 15 is 0 Å². The van der Waals surface area contributed by atoms with Crippen LogP contribution in [0.1, 0.15) is 60.1 Å². The summed E-state index contributed by atoms with van der Waals surface area (Å²) in [5.41, 5.74) is 8.98. The number of rotatable bonds is 0. The molecule has 0 saturated heterocycles. The molecule has 0 heteroatoms. The number of benzene rings is 3. The zero-order chi connectivity index (χ0) is 16.5. The molecular formula is C24H22. The molecule has 0 aliphatic heterocycles. The van der Waals surface area contributed by atoms with Crippen LogP contribution in [0.3, 0.4) is 0 Å². The van der Waals surface area contributed by atoms with Gasteiger partial charge in [0.1, 0.15) is 0 Å². The van der Waals surface area contributed by atoms with Crippen molar-refractivity contribution < 1.29 is 0 Å². The molecule has 0 radical (unpaired) electrons. The maximum atomic E-state index is 2.39. The Bertz CT molecular complexity index is 840. The second-order valence-corrected chi connectivity index (χ2v) is 8.19. The molecule has 0 fully saturated rings. The molecule has 0 saturated carbocycles. The second-order valence-electron chi connectivity index (χ2n) is 8.19. The van der Waals surface area contributed by atoms with E-state index in [9.17, 15) is 0 Å². The predicted octanol–water partition coefficient (Wildman–Crippen LogP) is 5.87. The van der Waals surface area contributed by atoms with Crippen molar-refractivity contribution in [3.8, 4) is 0 Å². The van der Waals surface area contributed by atoms with Crippen LogP contribution in [0.5, 0.6) is 0 Å².